The third kappa shape index (κ3) is 6.28. The van der Waals surface area contributed by atoms with Gasteiger partial charge in [-0.2, -0.15) is 0 Å². The van der Waals surface area contributed by atoms with Gasteiger partial charge in [-0.3, -0.25) is 9.00 Å². The number of ether oxygens (including phenoxy) is 4. The number of hydrogen-bond acceptors (Lipinski definition) is 8. The van der Waals surface area contributed by atoms with E-state index in [1.165, 1.54) is 14.2 Å². The molecule has 1 amide bonds. The SMILES string of the molecule is COc1ccc(-c2nc(C[S@](=O)CC(=O)NCC(OC)OC)c(C)o2)cc1OC. The number of amides is 1. The molecule has 0 aliphatic heterocycles. The minimum atomic E-state index is -1.44. The normalized spacial score (nSPS) is 12.1. The van der Waals surface area contributed by atoms with Crippen LogP contribution in [0.3, 0.4) is 0 Å². The van der Waals surface area contributed by atoms with Gasteiger partial charge in [0.05, 0.1) is 32.2 Å². The quantitative estimate of drug-likeness (QED) is 0.540. The highest BCUT2D eigenvalue weighted by molar-refractivity contribution is 7.84. The molecule has 2 rings (SSSR count). The molecule has 0 aliphatic rings. The topological polar surface area (TPSA) is 109 Å². The van der Waals surface area contributed by atoms with Crippen molar-refractivity contribution in [2.45, 2.75) is 19.0 Å². The molecule has 1 heterocycles. The number of carbonyl (C=O) groups is 1. The average Bonchev–Trinajstić information content (AvgIpc) is 3.08. The van der Waals surface area contributed by atoms with E-state index in [4.69, 9.17) is 23.4 Å². The molecule has 0 bridgehead atoms. The van der Waals surface area contributed by atoms with Crippen molar-refractivity contribution in [3.63, 3.8) is 0 Å². The van der Waals surface area contributed by atoms with Crippen LogP contribution in [-0.4, -0.2) is 62.1 Å². The minimum Gasteiger partial charge on any atom is -0.493 e. The lowest BCUT2D eigenvalue weighted by atomic mass is 10.2. The zero-order chi connectivity index (χ0) is 21.4. The maximum atomic E-state index is 12.4. The van der Waals surface area contributed by atoms with Crippen LogP contribution < -0.4 is 14.8 Å². The van der Waals surface area contributed by atoms with Gasteiger partial charge in [0.15, 0.2) is 17.8 Å². The number of benzene rings is 1. The van der Waals surface area contributed by atoms with Gasteiger partial charge >= 0.3 is 0 Å². The van der Waals surface area contributed by atoms with Gasteiger partial charge in [-0.15, -0.1) is 0 Å². The first-order valence-corrected chi connectivity index (χ1v) is 10.3. The van der Waals surface area contributed by atoms with Crippen molar-refractivity contribution in [2.24, 2.45) is 0 Å². The van der Waals surface area contributed by atoms with Gasteiger partial charge in [0, 0.05) is 30.6 Å². The minimum absolute atomic E-state index is 0.105. The summed E-state index contributed by atoms with van der Waals surface area (Å²) in [4.78, 5) is 16.4. The van der Waals surface area contributed by atoms with Gasteiger partial charge in [0.1, 0.15) is 11.5 Å². The van der Waals surface area contributed by atoms with Gasteiger partial charge in [-0.25, -0.2) is 4.98 Å². The molecule has 0 radical (unpaired) electrons. The molecule has 1 aromatic carbocycles. The summed E-state index contributed by atoms with van der Waals surface area (Å²) >= 11 is 0. The largest absolute Gasteiger partial charge is 0.493 e. The molecule has 1 aromatic heterocycles. The number of aryl methyl sites for hydroxylation is 1. The fourth-order valence-electron chi connectivity index (χ4n) is 2.52. The maximum Gasteiger partial charge on any atom is 0.232 e. The Labute approximate surface area is 172 Å². The molecule has 0 aliphatic carbocycles. The van der Waals surface area contributed by atoms with Crippen LogP contribution in [0.1, 0.15) is 11.5 Å². The Morgan fingerprint density at radius 1 is 1.17 bits per heavy atom. The Morgan fingerprint density at radius 3 is 2.48 bits per heavy atom. The van der Waals surface area contributed by atoms with Crippen LogP contribution in [0.25, 0.3) is 11.5 Å². The third-order valence-electron chi connectivity index (χ3n) is 4.10. The highest BCUT2D eigenvalue weighted by Gasteiger charge is 2.18. The molecule has 0 unspecified atom stereocenters. The number of carbonyl (C=O) groups excluding carboxylic acids is 1. The molecule has 0 saturated carbocycles. The van der Waals surface area contributed by atoms with Gasteiger partial charge in [-0.05, 0) is 25.1 Å². The molecule has 1 atom stereocenters. The van der Waals surface area contributed by atoms with E-state index in [1.54, 1.807) is 39.3 Å². The van der Waals surface area contributed by atoms with Crippen LogP contribution >= 0.6 is 0 Å². The van der Waals surface area contributed by atoms with Crippen molar-refractivity contribution in [3.8, 4) is 23.0 Å². The predicted octanol–water partition coefficient (Wildman–Crippen LogP) is 1.65. The summed E-state index contributed by atoms with van der Waals surface area (Å²) in [6.07, 6.45) is -0.547. The Morgan fingerprint density at radius 2 is 1.86 bits per heavy atom. The second kappa shape index (κ2) is 10.9. The monoisotopic (exact) mass is 426 g/mol. The van der Waals surface area contributed by atoms with Crippen molar-refractivity contribution in [1.29, 1.82) is 0 Å². The molecular weight excluding hydrogens is 400 g/mol. The summed E-state index contributed by atoms with van der Waals surface area (Å²) in [5, 5.41) is 2.62. The predicted molar refractivity (Wildman–Crippen MR) is 107 cm³/mol. The first-order valence-electron chi connectivity index (χ1n) is 8.77. The first-order chi connectivity index (χ1) is 13.9. The summed E-state index contributed by atoms with van der Waals surface area (Å²) in [5.74, 6) is 1.66. The number of methoxy groups -OCH3 is 4. The van der Waals surface area contributed by atoms with Gasteiger partial charge in [0.25, 0.3) is 0 Å². The standard InChI is InChI=1S/C19H26N2O7S/c1-12-14(10-29(23)11-17(22)20-9-18(26-4)27-5)21-19(28-12)13-6-7-15(24-2)16(8-13)25-3/h6-8,18H,9-11H2,1-5H3,(H,20,22)/t29-/m0/s1. The van der Waals surface area contributed by atoms with Crippen LogP contribution in [0.5, 0.6) is 11.5 Å². The van der Waals surface area contributed by atoms with Crippen LogP contribution in [-0.2, 0) is 30.8 Å². The molecule has 10 heteroatoms. The number of hydrogen-bond donors (Lipinski definition) is 1. The van der Waals surface area contributed by atoms with Crippen molar-refractivity contribution in [3.05, 3.63) is 29.7 Å². The van der Waals surface area contributed by atoms with Gasteiger partial charge in [-0.1, -0.05) is 0 Å². The van der Waals surface area contributed by atoms with Crippen molar-refractivity contribution >= 4 is 16.7 Å². The van der Waals surface area contributed by atoms with E-state index in [1.807, 2.05) is 0 Å². The highest BCUT2D eigenvalue weighted by Crippen LogP contribution is 2.32. The Bertz CT molecular complexity index is 849. The summed E-state index contributed by atoms with van der Waals surface area (Å²) in [6.45, 7) is 1.92. The van der Waals surface area contributed by atoms with E-state index in [0.29, 0.717) is 34.4 Å². The number of nitrogens with zero attached hydrogens (tertiary/aromatic N) is 1. The number of aromatic nitrogens is 1. The third-order valence-corrected chi connectivity index (χ3v) is 5.28. The van der Waals surface area contributed by atoms with E-state index in [0.717, 1.165) is 0 Å². The van der Waals surface area contributed by atoms with E-state index >= 15 is 0 Å². The van der Waals surface area contributed by atoms with Crippen LogP contribution in [0, 0.1) is 6.92 Å². The van der Waals surface area contributed by atoms with Crippen LogP contribution in [0.15, 0.2) is 22.6 Å². The molecule has 2 aromatic rings. The fourth-order valence-corrected chi connectivity index (χ4v) is 3.58. The molecule has 9 nitrogen and oxygen atoms in total. The van der Waals surface area contributed by atoms with Crippen LogP contribution in [0.2, 0.25) is 0 Å². The Kier molecular flexibility index (Phi) is 8.62. The molecular formula is C19H26N2O7S. The van der Waals surface area contributed by atoms with Crippen molar-refractivity contribution < 1.29 is 32.4 Å². The molecule has 1 N–H and O–H groups in total. The summed E-state index contributed by atoms with van der Waals surface area (Å²) < 4.78 is 38.6. The van der Waals surface area contributed by atoms with E-state index in [2.05, 4.69) is 10.3 Å². The zero-order valence-corrected chi connectivity index (χ0v) is 18.0. The van der Waals surface area contributed by atoms with Gasteiger partial charge in [0.2, 0.25) is 11.8 Å². The number of nitrogens with one attached hydrogen (secondary N) is 1. The first kappa shape index (κ1) is 22.9. The molecule has 160 valence electrons. The Balaban J connectivity index is 2.01. The number of oxazole rings is 1. The summed E-state index contributed by atoms with van der Waals surface area (Å²) in [7, 11) is 4.60. The molecule has 0 fully saturated rings. The van der Waals surface area contributed by atoms with E-state index < -0.39 is 17.1 Å². The molecule has 0 saturated heterocycles. The van der Waals surface area contributed by atoms with Gasteiger partial charge < -0.3 is 28.7 Å². The summed E-state index contributed by atoms with van der Waals surface area (Å²) in [6, 6.07) is 5.30. The van der Waals surface area contributed by atoms with Crippen molar-refractivity contribution in [2.75, 3.05) is 40.7 Å². The second-order valence-electron chi connectivity index (χ2n) is 6.03. The lowest BCUT2D eigenvalue weighted by Crippen LogP contribution is -2.36. The molecule has 29 heavy (non-hydrogen) atoms. The highest BCUT2D eigenvalue weighted by atomic mass is 32.2. The maximum absolute atomic E-state index is 12.4. The lowest BCUT2D eigenvalue weighted by Gasteiger charge is -2.13. The smallest absolute Gasteiger partial charge is 0.232 e. The Hall–Kier alpha value is -2.43. The molecule has 0 spiro atoms. The van der Waals surface area contributed by atoms with E-state index in [-0.39, 0.29) is 24.0 Å². The summed E-state index contributed by atoms with van der Waals surface area (Å²) in [5.41, 5.74) is 1.23. The lowest BCUT2D eigenvalue weighted by molar-refractivity contribution is -0.125. The van der Waals surface area contributed by atoms with Crippen molar-refractivity contribution in [1.82, 2.24) is 10.3 Å². The van der Waals surface area contributed by atoms with E-state index in [9.17, 15) is 9.00 Å². The fraction of sp³-hybridized carbons (Fsp3) is 0.474. The zero-order valence-electron chi connectivity index (χ0n) is 17.1. The second-order valence-corrected chi connectivity index (χ2v) is 7.48. The van der Waals surface area contributed by atoms with Crippen LogP contribution in [0.4, 0.5) is 0 Å². The number of rotatable bonds is 11. The average molecular weight is 426 g/mol.